The molecule has 0 saturated heterocycles. The second kappa shape index (κ2) is 129. The van der Waals surface area contributed by atoms with Crippen LogP contribution in [0.1, 0.15) is 0 Å². The average molecular weight is 895 g/mol. The summed E-state index contributed by atoms with van der Waals surface area (Å²) in [6.45, 7) is 0. The van der Waals surface area contributed by atoms with Crippen LogP contribution in [-0.2, 0) is 187 Å². The van der Waals surface area contributed by atoms with Crippen LogP contribution >= 0.6 is 0 Å². The fourth-order valence-corrected chi connectivity index (χ4v) is 0. The number of hydrogen-bond donors (Lipinski definition) is 0. The predicted octanol–water partition coefficient (Wildman–Crippen LogP) is -4.99. The standard InChI is InChI=1S/Al.Ca.Co.Cr.Fe.K.Li.Mg.Mn.Mo.Na.Ni.Ti.V.W.Zn.10H. The van der Waals surface area contributed by atoms with Crippen LogP contribution in [-0.4, -0.2) is 178 Å². The third-order valence-electron chi connectivity index (χ3n) is 0. The molecule has 16 heteroatoms. The minimum atomic E-state index is 0. The molecule has 0 atom stereocenters. The Labute approximate surface area is 353 Å². The van der Waals surface area contributed by atoms with Gasteiger partial charge in [0, 0.05) is 187 Å². The van der Waals surface area contributed by atoms with Crippen LogP contribution in [0.15, 0.2) is 0 Å². The zero-order chi connectivity index (χ0) is 0. The summed E-state index contributed by atoms with van der Waals surface area (Å²) in [7, 11) is 0. The van der Waals surface area contributed by atoms with Gasteiger partial charge in [-0.2, -0.15) is 0 Å². The van der Waals surface area contributed by atoms with Crippen LogP contribution < -0.4 is 0 Å². The summed E-state index contributed by atoms with van der Waals surface area (Å²) in [5, 5.41) is 0. The maximum atomic E-state index is 0. The summed E-state index contributed by atoms with van der Waals surface area (Å²) in [6.07, 6.45) is 0. The van der Waals surface area contributed by atoms with E-state index in [0.717, 1.165) is 0 Å². The van der Waals surface area contributed by atoms with Gasteiger partial charge >= 0.3 is 161 Å². The molecule has 0 heterocycles. The molecule has 83 valence electrons. The van der Waals surface area contributed by atoms with Crippen molar-refractivity contribution in [3.63, 3.8) is 0 Å². The fraction of sp³-hybridized carbons (Fsp3) is 0. The van der Waals surface area contributed by atoms with Gasteiger partial charge in [-0.1, -0.05) is 0 Å². The molecule has 0 fully saturated rings. The molecule has 0 aliphatic heterocycles. The molecule has 0 rings (SSSR count). The molecule has 0 unspecified atom stereocenters. The van der Waals surface area contributed by atoms with E-state index in [0.29, 0.717) is 0 Å². The molecular weight excluding hydrogens is 885 g/mol. The molecule has 0 saturated carbocycles. The first kappa shape index (κ1) is 145. The Balaban J connectivity index is 0. The summed E-state index contributed by atoms with van der Waals surface area (Å²) >= 11 is 0. The monoisotopic (exact) mass is 894 g/mol. The van der Waals surface area contributed by atoms with Gasteiger partial charge in [0.15, 0.2) is 17.4 Å². The largest absolute Gasteiger partial charge is 0 e. The van der Waals surface area contributed by atoms with Crippen molar-refractivity contribution < 1.29 is 187 Å². The van der Waals surface area contributed by atoms with Crippen molar-refractivity contribution in [1.29, 1.82) is 0 Å². The van der Waals surface area contributed by atoms with E-state index in [4.69, 9.17) is 0 Å². The van der Waals surface area contributed by atoms with E-state index in [1.165, 1.54) is 0 Å². The Hall–Kier alpha value is 11.7. The van der Waals surface area contributed by atoms with E-state index in [1.54, 1.807) is 0 Å². The maximum Gasteiger partial charge on any atom is 0 e. The SMILES string of the molecule is [AlH3].[CaH2].[Co].[Cr].[Fe].[KH].[LiH].[MgH2].[Mn].[Mo].[NaH].[Ni].[Ti].[V].[W].[Zn]. The van der Waals surface area contributed by atoms with E-state index in [2.05, 4.69) is 0 Å². The van der Waals surface area contributed by atoms with E-state index >= 15 is 0 Å². The molecular formula is H10AlCaCoCrFeKLiMgMnMoNaNiTiVWZn. The first-order valence-electron chi connectivity index (χ1n) is 0. The van der Waals surface area contributed by atoms with Gasteiger partial charge in [0.2, 0.25) is 0 Å². The average Bonchev–Trinajstić information content (AvgIpc) is 0. The third-order valence-corrected chi connectivity index (χ3v) is 0. The molecule has 0 aromatic rings. The van der Waals surface area contributed by atoms with Gasteiger partial charge in [-0.3, -0.25) is 0 Å². The third kappa shape index (κ3) is 115. The Morgan fingerprint density at radius 3 is 1.00 bits per heavy atom. The van der Waals surface area contributed by atoms with E-state index in [1.807, 2.05) is 0 Å². The first-order valence-corrected chi connectivity index (χ1v) is 0. The molecule has 0 aromatic heterocycles. The summed E-state index contributed by atoms with van der Waals surface area (Å²) < 4.78 is 0. The van der Waals surface area contributed by atoms with Gasteiger partial charge in [0.05, 0.1) is 0 Å². The van der Waals surface area contributed by atoms with E-state index in [-0.39, 0.29) is 365 Å². The van der Waals surface area contributed by atoms with Crippen LogP contribution in [0.3, 0.4) is 0 Å². The van der Waals surface area contributed by atoms with Crippen molar-refractivity contribution >= 4 is 178 Å². The smallest absolute Gasteiger partial charge is 0 e. The Morgan fingerprint density at radius 1 is 1.00 bits per heavy atom. The zero-order valence-electron chi connectivity index (χ0n) is 4.26. The second-order valence-corrected chi connectivity index (χ2v) is 0. The van der Waals surface area contributed by atoms with Crippen molar-refractivity contribution in [3.8, 4) is 0 Å². The molecule has 16 heavy (non-hydrogen) atoms. The number of rotatable bonds is 0. The molecule has 0 aromatic carbocycles. The molecule has 0 aliphatic rings. The molecule has 0 amide bonds. The Morgan fingerprint density at radius 2 is 1.00 bits per heavy atom. The molecule has 0 spiro atoms. The topological polar surface area (TPSA) is 0 Å². The van der Waals surface area contributed by atoms with Crippen molar-refractivity contribution in [2.45, 2.75) is 0 Å². The van der Waals surface area contributed by atoms with Gasteiger partial charge in [-0.05, 0) is 0 Å². The summed E-state index contributed by atoms with van der Waals surface area (Å²) in [5.41, 5.74) is 0. The summed E-state index contributed by atoms with van der Waals surface area (Å²) in [5.74, 6) is 0. The first-order chi connectivity index (χ1) is 0. The van der Waals surface area contributed by atoms with Crippen molar-refractivity contribution in [3.05, 3.63) is 0 Å². The van der Waals surface area contributed by atoms with E-state index < -0.39 is 0 Å². The molecule has 0 aliphatic carbocycles. The van der Waals surface area contributed by atoms with E-state index in [9.17, 15) is 0 Å². The molecule has 0 nitrogen and oxygen atoms in total. The predicted molar refractivity (Wildman–Crippen MR) is 48.5 cm³/mol. The zero-order valence-corrected chi connectivity index (χ0v) is 20.7. The summed E-state index contributed by atoms with van der Waals surface area (Å²) in [6, 6.07) is 0. The van der Waals surface area contributed by atoms with Crippen LogP contribution in [0.4, 0.5) is 0 Å². The minimum Gasteiger partial charge on any atom is 0 e. The quantitative estimate of drug-likeness (QED) is 0.214. The van der Waals surface area contributed by atoms with Crippen LogP contribution in [0.25, 0.3) is 0 Å². The Bertz CT molecular complexity index is 64.0. The minimum absolute atomic E-state index is 0. The Kier molecular flexibility index (Phi) is 1170. The van der Waals surface area contributed by atoms with Crippen molar-refractivity contribution in [2.24, 2.45) is 0 Å². The van der Waals surface area contributed by atoms with Gasteiger partial charge in [0.1, 0.15) is 0 Å². The van der Waals surface area contributed by atoms with Crippen molar-refractivity contribution in [2.75, 3.05) is 0 Å². The van der Waals surface area contributed by atoms with Crippen molar-refractivity contribution in [1.82, 2.24) is 0 Å². The molecule has 0 N–H and O–H groups in total. The number of hydrogen-bond acceptors (Lipinski definition) is 0. The fourth-order valence-electron chi connectivity index (χ4n) is 0. The molecule has 3 radical (unpaired) electrons. The second-order valence-electron chi connectivity index (χ2n) is 0. The van der Waals surface area contributed by atoms with Crippen LogP contribution in [0, 0.1) is 0 Å². The van der Waals surface area contributed by atoms with Gasteiger partial charge in [0.25, 0.3) is 0 Å². The van der Waals surface area contributed by atoms with Gasteiger partial charge in [-0.25, -0.2) is 0 Å². The van der Waals surface area contributed by atoms with Crippen LogP contribution in [0.2, 0.25) is 0 Å². The maximum absolute atomic E-state index is 0. The summed E-state index contributed by atoms with van der Waals surface area (Å²) in [4.78, 5) is 0. The molecule has 0 bridgehead atoms. The normalized spacial score (nSPS) is 0. The van der Waals surface area contributed by atoms with Gasteiger partial charge < -0.3 is 0 Å². The van der Waals surface area contributed by atoms with Crippen LogP contribution in [0.5, 0.6) is 0 Å². The van der Waals surface area contributed by atoms with Gasteiger partial charge in [-0.15, -0.1) is 0 Å².